The lowest BCUT2D eigenvalue weighted by Gasteiger charge is -2.06. The van der Waals surface area contributed by atoms with Crippen molar-refractivity contribution < 1.29 is 4.79 Å². The number of thiazole rings is 1. The van der Waals surface area contributed by atoms with Crippen LogP contribution in [-0.2, 0) is 11.2 Å². The minimum atomic E-state index is -0.0608. The van der Waals surface area contributed by atoms with Gasteiger partial charge < -0.3 is 5.32 Å². The van der Waals surface area contributed by atoms with Crippen LogP contribution >= 0.6 is 46.0 Å². The Balaban J connectivity index is 1.58. The number of nitrogens with zero attached hydrogens (tertiary/aromatic N) is 1. The van der Waals surface area contributed by atoms with Crippen LogP contribution < -0.4 is 5.32 Å². The van der Waals surface area contributed by atoms with Crippen LogP contribution in [0.5, 0.6) is 0 Å². The summed E-state index contributed by atoms with van der Waals surface area (Å²) >= 11 is 10.7. The zero-order valence-electron chi connectivity index (χ0n) is 13.8. The van der Waals surface area contributed by atoms with E-state index in [1.54, 1.807) is 0 Å². The molecule has 0 bridgehead atoms. The van der Waals surface area contributed by atoms with Crippen molar-refractivity contribution in [1.82, 2.24) is 4.98 Å². The summed E-state index contributed by atoms with van der Waals surface area (Å²) in [6.45, 7) is 4.33. The number of nitrogens with one attached hydrogen (secondary N) is 1. The molecule has 0 aliphatic heterocycles. The highest BCUT2D eigenvalue weighted by molar-refractivity contribution is 7.99. The lowest BCUT2D eigenvalue weighted by Crippen LogP contribution is -2.14. The van der Waals surface area contributed by atoms with Gasteiger partial charge in [-0.05, 0) is 29.8 Å². The van der Waals surface area contributed by atoms with Gasteiger partial charge in [0.2, 0.25) is 5.91 Å². The maximum absolute atomic E-state index is 12.2. The topological polar surface area (TPSA) is 42.0 Å². The molecule has 2 aromatic heterocycles. The second-order valence-corrected chi connectivity index (χ2v) is 9.90. The van der Waals surface area contributed by atoms with E-state index in [4.69, 9.17) is 11.6 Å². The number of hydrogen-bond donors (Lipinski definition) is 1. The van der Waals surface area contributed by atoms with Crippen molar-refractivity contribution in [3.8, 4) is 10.6 Å². The predicted octanol–water partition coefficient (Wildman–Crippen LogP) is 6.21. The van der Waals surface area contributed by atoms with Crippen molar-refractivity contribution in [2.75, 3.05) is 5.32 Å². The first kappa shape index (κ1) is 18.5. The van der Waals surface area contributed by atoms with Gasteiger partial charge in [0.1, 0.15) is 0 Å². The second-order valence-electron chi connectivity index (χ2n) is 5.68. The molecule has 1 amide bonds. The van der Waals surface area contributed by atoms with Crippen molar-refractivity contribution >= 4 is 57.1 Å². The molecule has 0 saturated carbocycles. The molecule has 0 saturated heterocycles. The SMILES string of the molecule is CC(C)Sc1ccc(CC(=O)Nc2nc(-c3ccc(Cl)s3)cs2)cc1. The van der Waals surface area contributed by atoms with Gasteiger partial charge in [0.05, 0.1) is 21.3 Å². The average Bonchev–Trinajstić information content (AvgIpc) is 3.17. The number of thioether (sulfide) groups is 1. The molecular formula is C18H17ClN2OS3. The van der Waals surface area contributed by atoms with E-state index in [1.807, 2.05) is 41.4 Å². The number of amides is 1. The third kappa shape index (κ3) is 5.31. The highest BCUT2D eigenvalue weighted by Crippen LogP contribution is 2.32. The number of anilines is 1. The van der Waals surface area contributed by atoms with Gasteiger partial charge in [-0.2, -0.15) is 0 Å². The Hall–Kier alpha value is -1.34. The Morgan fingerprint density at radius 1 is 1.24 bits per heavy atom. The summed E-state index contributed by atoms with van der Waals surface area (Å²) in [7, 11) is 0. The van der Waals surface area contributed by atoms with E-state index in [2.05, 4.69) is 36.3 Å². The monoisotopic (exact) mass is 408 g/mol. The Kier molecular flexibility index (Phi) is 6.17. The standard InChI is InChI=1S/C18H17ClN2OS3/c1-11(2)24-13-5-3-12(4-6-13)9-17(22)21-18-20-14(10-23-18)15-7-8-16(19)25-15/h3-8,10-11H,9H2,1-2H3,(H,20,21,22). The average molecular weight is 409 g/mol. The normalized spacial score (nSPS) is 11.0. The van der Waals surface area contributed by atoms with Crippen LogP contribution in [0.2, 0.25) is 4.34 Å². The zero-order chi connectivity index (χ0) is 17.8. The summed E-state index contributed by atoms with van der Waals surface area (Å²) in [5, 5.41) is 5.95. The van der Waals surface area contributed by atoms with E-state index < -0.39 is 0 Å². The third-order valence-corrected chi connectivity index (χ3v) is 6.26. The zero-order valence-corrected chi connectivity index (χ0v) is 17.0. The van der Waals surface area contributed by atoms with Crippen LogP contribution in [0.3, 0.4) is 0 Å². The van der Waals surface area contributed by atoms with Crippen LogP contribution in [0.4, 0.5) is 5.13 Å². The fourth-order valence-corrected chi connectivity index (χ4v) is 4.85. The first-order valence-corrected chi connectivity index (χ1v) is 10.7. The molecule has 0 unspecified atom stereocenters. The highest BCUT2D eigenvalue weighted by atomic mass is 35.5. The van der Waals surface area contributed by atoms with E-state index in [-0.39, 0.29) is 5.91 Å². The minimum Gasteiger partial charge on any atom is -0.302 e. The Labute approximate surface area is 164 Å². The Bertz CT molecular complexity index is 855. The van der Waals surface area contributed by atoms with Gasteiger partial charge in [-0.15, -0.1) is 34.4 Å². The molecule has 0 aliphatic carbocycles. The summed E-state index contributed by atoms with van der Waals surface area (Å²) in [4.78, 5) is 18.9. The molecule has 0 atom stereocenters. The van der Waals surface area contributed by atoms with Crippen molar-refractivity contribution in [2.24, 2.45) is 0 Å². The van der Waals surface area contributed by atoms with Crippen LogP contribution in [0.15, 0.2) is 46.7 Å². The van der Waals surface area contributed by atoms with Crippen LogP contribution in [-0.4, -0.2) is 16.1 Å². The van der Waals surface area contributed by atoms with E-state index in [9.17, 15) is 4.79 Å². The number of aromatic nitrogens is 1. The number of carbonyl (C=O) groups is 1. The van der Waals surface area contributed by atoms with Crippen molar-refractivity contribution in [2.45, 2.75) is 30.4 Å². The molecule has 130 valence electrons. The summed E-state index contributed by atoms with van der Waals surface area (Å²) in [6.07, 6.45) is 0.340. The summed E-state index contributed by atoms with van der Waals surface area (Å²) in [5.41, 5.74) is 1.83. The van der Waals surface area contributed by atoms with Crippen LogP contribution in [0.1, 0.15) is 19.4 Å². The van der Waals surface area contributed by atoms with Crippen LogP contribution in [0.25, 0.3) is 10.6 Å². The molecular weight excluding hydrogens is 392 g/mol. The van der Waals surface area contributed by atoms with Gasteiger partial charge in [-0.3, -0.25) is 4.79 Å². The summed E-state index contributed by atoms with van der Waals surface area (Å²) < 4.78 is 0.729. The maximum Gasteiger partial charge on any atom is 0.230 e. The second kappa shape index (κ2) is 8.36. The first-order valence-electron chi connectivity index (χ1n) is 7.76. The number of hydrogen-bond acceptors (Lipinski definition) is 5. The molecule has 3 nitrogen and oxygen atoms in total. The quantitative estimate of drug-likeness (QED) is 0.493. The number of carbonyl (C=O) groups excluding carboxylic acids is 1. The molecule has 3 rings (SSSR count). The molecule has 0 aliphatic rings. The lowest BCUT2D eigenvalue weighted by atomic mass is 10.1. The summed E-state index contributed by atoms with van der Waals surface area (Å²) in [5.74, 6) is -0.0608. The van der Waals surface area contributed by atoms with E-state index in [0.717, 1.165) is 20.5 Å². The van der Waals surface area contributed by atoms with Gasteiger partial charge >= 0.3 is 0 Å². The van der Waals surface area contributed by atoms with Gasteiger partial charge in [0.15, 0.2) is 5.13 Å². The molecule has 2 heterocycles. The number of rotatable bonds is 6. The maximum atomic E-state index is 12.2. The van der Waals surface area contributed by atoms with Crippen molar-refractivity contribution in [3.05, 3.63) is 51.7 Å². The molecule has 0 radical (unpaired) electrons. The number of benzene rings is 1. The van der Waals surface area contributed by atoms with E-state index >= 15 is 0 Å². The van der Waals surface area contributed by atoms with Crippen LogP contribution in [0, 0.1) is 0 Å². The van der Waals surface area contributed by atoms with Gasteiger partial charge in [0.25, 0.3) is 0 Å². The molecule has 7 heteroatoms. The van der Waals surface area contributed by atoms with Crippen molar-refractivity contribution in [1.29, 1.82) is 0 Å². The fraction of sp³-hybridized carbons (Fsp3) is 0.222. The van der Waals surface area contributed by atoms with Gasteiger partial charge in [-0.25, -0.2) is 4.98 Å². The summed E-state index contributed by atoms with van der Waals surface area (Å²) in [6, 6.07) is 11.9. The van der Waals surface area contributed by atoms with Gasteiger partial charge in [-0.1, -0.05) is 37.6 Å². The van der Waals surface area contributed by atoms with E-state index in [1.165, 1.54) is 27.6 Å². The lowest BCUT2D eigenvalue weighted by molar-refractivity contribution is -0.115. The predicted molar refractivity (Wildman–Crippen MR) is 110 cm³/mol. The molecule has 0 spiro atoms. The smallest absolute Gasteiger partial charge is 0.230 e. The molecule has 0 fully saturated rings. The van der Waals surface area contributed by atoms with Crippen molar-refractivity contribution in [3.63, 3.8) is 0 Å². The van der Waals surface area contributed by atoms with Gasteiger partial charge in [0, 0.05) is 15.5 Å². The Morgan fingerprint density at radius 3 is 2.64 bits per heavy atom. The fourth-order valence-electron chi connectivity index (χ4n) is 2.20. The first-order chi connectivity index (χ1) is 12.0. The Morgan fingerprint density at radius 2 is 2.00 bits per heavy atom. The molecule has 1 aromatic carbocycles. The molecule has 3 aromatic rings. The molecule has 25 heavy (non-hydrogen) atoms. The largest absolute Gasteiger partial charge is 0.302 e. The molecule has 1 N–H and O–H groups in total. The number of halogens is 1. The minimum absolute atomic E-state index is 0.0608. The highest BCUT2D eigenvalue weighted by Gasteiger charge is 2.10. The third-order valence-electron chi connectivity index (χ3n) is 3.24. The van der Waals surface area contributed by atoms with E-state index in [0.29, 0.717) is 16.8 Å². The number of thiophene rings is 1.